The van der Waals surface area contributed by atoms with Crippen LogP contribution >= 0.6 is 0 Å². The van der Waals surface area contributed by atoms with Gasteiger partial charge in [0.1, 0.15) is 0 Å². The van der Waals surface area contributed by atoms with Crippen LogP contribution in [0.1, 0.15) is 19.8 Å². The zero-order chi connectivity index (χ0) is 8.69. The molecule has 1 atom stereocenters. The number of aliphatic hydroxyl groups is 1. The summed E-state index contributed by atoms with van der Waals surface area (Å²) in [5.74, 6) is -0.0444. The number of hydrogen-bond acceptors (Lipinski definition) is 3. The van der Waals surface area contributed by atoms with Crippen LogP contribution in [0.5, 0.6) is 0 Å². The van der Waals surface area contributed by atoms with Crippen molar-refractivity contribution < 1.29 is 9.90 Å². The van der Waals surface area contributed by atoms with Crippen molar-refractivity contribution in [2.45, 2.75) is 25.8 Å². The highest BCUT2D eigenvalue weighted by molar-refractivity contribution is 5.76. The molecule has 0 bridgehead atoms. The second-order valence-electron chi connectivity index (χ2n) is 2.54. The van der Waals surface area contributed by atoms with E-state index in [0.717, 1.165) is 0 Å². The average molecular weight is 160 g/mol. The van der Waals surface area contributed by atoms with E-state index in [0.29, 0.717) is 19.4 Å². The van der Waals surface area contributed by atoms with E-state index in [1.165, 1.54) is 0 Å². The maximum atomic E-state index is 10.9. The molecule has 0 aromatic rings. The Morgan fingerprint density at radius 2 is 2.36 bits per heavy atom. The Labute approximate surface area is 66.8 Å². The fourth-order valence-electron chi connectivity index (χ4n) is 0.655. The van der Waals surface area contributed by atoms with Crippen LogP contribution in [0.4, 0.5) is 0 Å². The Hall–Kier alpha value is -0.610. The molecule has 0 fully saturated rings. The van der Waals surface area contributed by atoms with Crippen molar-refractivity contribution in [3.8, 4) is 0 Å². The maximum Gasteiger partial charge on any atom is 0.220 e. The molecule has 66 valence electrons. The zero-order valence-corrected chi connectivity index (χ0v) is 6.84. The van der Waals surface area contributed by atoms with Gasteiger partial charge < -0.3 is 16.2 Å². The summed E-state index contributed by atoms with van der Waals surface area (Å²) in [7, 11) is 0. The number of carbonyl (C=O) groups is 1. The van der Waals surface area contributed by atoms with Crippen molar-refractivity contribution in [3.05, 3.63) is 0 Å². The number of amides is 1. The van der Waals surface area contributed by atoms with Gasteiger partial charge in [-0.05, 0) is 19.9 Å². The first-order valence-corrected chi connectivity index (χ1v) is 3.81. The van der Waals surface area contributed by atoms with Gasteiger partial charge in [0.25, 0.3) is 0 Å². The molecule has 0 aromatic carbocycles. The fraction of sp³-hybridized carbons (Fsp3) is 0.857. The lowest BCUT2D eigenvalue weighted by atomic mass is 10.2. The van der Waals surface area contributed by atoms with Gasteiger partial charge in [0.2, 0.25) is 5.91 Å². The minimum absolute atomic E-state index is 0.0195. The molecule has 0 saturated carbocycles. The summed E-state index contributed by atoms with van der Waals surface area (Å²) in [5, 5.41) is 11.2. The van der Waals surface area contributed by atoms with E-state index >= 15 is 0 Å². The molecule has 0 aliphatic rings. The normalized spacial score (nSPS) is 12.6. The van der Waals surface area contributed by atoms with Crippen molar-refractivity contribution in [2.75, 3.05) is 13.2 Å². The first-order valence-electron chi connectivity index (χ1n) is 3.81. The van der Waals surface area contributed by atoms with Gasteiger partial charge in [-0.25, -0.2) is 0 Å². The third kappa shape index (κ3) is 5.82. The second-order valence-corrected chi connectivity index (χ2v) is 2.54. The SMILES string of the molecule is CC(CO)NC(=O)CCCN. The van der Waals surface area contributed by atoms with E-state index in [-0.39, 0.29) is 18.6 Å². The maximum absolute atomic E-state index is 10.9. The quantitative estimate of drug-likeness (QED) is 0.494. The number of aliphatic hydroxyl groups excluding tert-OH is 1. The van der Waals surface area contributed by atoms with Crippen LogP contribution in [-0.2, 0) is 4.79 Å². The van der Waals surface area contributed by atoms with E-state index in [2.05, 4.69) is 5.32 Å². The molecule has 1 unspecified atom stereocenters. The van der Waals surface area contributed by atoms with Gasteiger partial charge in [0, 0.05) is 12.5 Å². The van der Waals surface area contributed by atoms with Crippen molar-refractivity contribution in [1.82, 2.24) is 5.32 Å². The van der Waals surface area contributed by atoms with Crippen molar-refractivity contribution >= 4 is 5.91 Å². The van der Waals surface area contributed by atoms with Crippen molar-refractivity contribution in [1.29, 1.82) is 0 Å². The number of hydrogen-bond donors (Lipinski definition) is 3. The standard InChI is InChI=1S/C7H16N2O2/c1-6(5-10)9-7(11)3-2-4-8/h6,10H,2-5,8H2,1H3,(H,9,11). The zero-order valence-electron chi connectivity index (χ0n) is 6.84. The topological polar surface area (TPSA) is 75.3 Å². The van der Waals surface area contributed by atoms with Gasteiger partial charge in [-0.15, -0.1) is 0 Å². The van der Waals surface area contributed by atoms with E-state index in [1.807, 2.05) is 0 Å². The highest BCUT2D eigenvalue weighted by Gasteiger charge is 2.03. The van der Waals surface area contributed by atoms with Crippen LogP contribution in [0.2, 0.25) is 0 Å². The van der Waals surface area contributed by atoms with Gasteiger partial charge in [-0.2, -0.15) is 0 Å². The summed E-state index contributed by atoms with van der Waals surface area (Å²) in [6, 6.07) is -0.153. The molecular formula is C7H16N2O2. The molecule has 0 aliphatic carbocycles. The lowest BCUT2D eigenvalue weighted by Crippen LogP contribution is -2.35. The lowest BCUT2D eigenvalue weighted by Gasteiger charge is -2.09. The Balaban J connectivity index is 3.36. The molecular weight excluding hydrogens is 144 g/mol. The first-order chi connectivity index (χ1) is 5.20. The number of carbonyl (C=O) groups excluding carboxylic acids is 1. The minimum atomic E-state index is -0.153. The molecule has 0 aliphatic heterocycles. The summed E-state index contributed by atoms with van der Waals surface area (Å²) < 4.78 is 0. The minimum Gasteiger partial charge on any atom is -0.394 e. The molecule has 11 heavy (non-hydrogen) atoms. The van der Waals surface area contributed by atoms with Gasteiger partial charge in [0.05, 0.1) is 6.61 Å². The molecule has 0 aromatic heterocycles. The van der Waals surface area contributed by atoms with E-state index in [4.69, 9.17) is 10.8 Å². The van der Waals surface area contributed by atoms with Crippen LogP contribution < -0.4 is 11.1 Å². The first kappa shape index (κ1) is 10.4. The summed E-state index contributed by atoms with van der Waals surface area (Å²) in [5.41, 5.74) is 5.21. The van der Waals surface area contributed by atoms with Crippen LogP contribution in [0, 0.1) is 0 Å². The van der Waals surface area contributed by atoms with Gasteiger partial charge in [-0.3, -0.25) is 4.79 Å². The van der Waals surface area contributed by atoms with E-state index in [1.54, 1.807) is 6.92 Å². The largest absolute Gasteiger partial charge is 0.394 e. The van der Waals surface area contributed by atoms with Crippen molar-refractivity contribution in [2.24, 2.45) is 5.73 Å². The number of nitrogens with one attached hydrogen (secondary N) is 1. The molecule has 0 heterocycles. The average Bonchev–Trinajstić information content (AvgIpc) is 2.00. The molecule has 4 N–H and O–H groups in total. The summed E-state index contributed by atoms with van der Waals surface area (Å²) in [6.07, 6.45) is 1.14. The van der Waals surface area contributed by atoms with Crippen LogP contribution in [0.25, 0.3) is 0 Å². The molecule has 4 heteroatoms. The third-order valence-corrected chi connectivity index (χ3v) is 1.29. The molecule has 0 rings (SSSR count). The second kappa shape index (κ2) is 6.12. The summed E-state index contributed by atoms with van der Waals surface area (Å²) in [6.45, 7) is 2.26. The van der Waals surface area contributed by atoms with Crippen LogP contribution in [-0.4, -0.2) is 30.2 Å². The molecule has 1 amide bonds. The molecule has 0 spiro atoms. The Morgan fingerprint density at radius 1 is 1.73 bits per heavy atom. The van der Waals surface area contributed by atoms with Crippen LogP contribution in [0.15, 0.2) is 0 Å². The molecule has 0 saturated heterocycles. The highest BCUT2D eigenvalue weighted by atomic mass is 16.3. The number of nitrogens with two attached hydrogens (primary N) is 1. The smallest absolute Gasteiger partial charge is 0.220 e. The summed E-state index contributed by atoms with van der Waals surface area (Å²) in [4.78, 5) is 10.9. The lowest BCUT2D eigenvalue weighted by molar-refractivity contribution is -0.122. The number of rotatable bonds is 5. The Morgan fingerprint density at radius 3 is 2.82 bits per heavy atom. The van der Waals surface area contributed by atoms with Crippen LogP contribution in [0.3, 0.4) is 0 Å². The molecule has 0 radical (unpaired) electrons. The van der Waals surface area contributed by atoms with Gasteiger partial charge >= 0.3 is 0 Å². The Kier molecular flexibility index (Phi) is 5.78. The Bertz CT molecular complexity index is 117. The predicted molar refractivity (Wildman–Crippen MR) is 43.0 cm³/mol. The highest BCUT2D eigenvalue weighted by Crippen LogP contribution is 1.87. The predicted octanol–water partition coefficient (Wildman–Crippen LogP) is -0.778. The third-order valence-electron chi connectivity index (χ3n) is 1.29. The molecule has 4 nitrogen and oxygen atoms in total. The fourth-order valence-corrected chi connectivity index (χ4v) is 0.655. The van der Waals surface area contributed by atoms with Crippen molar-refractivity contribution in [3.63, 3.8) is 0 Å². The van der Waals surface area contributed by atoms with Gasteiger partial charge in [-0.1, -0.05) is 0 Å². The van der Waals surface area contributed by atoms with E-state index in [9.17, 15) is 4.79 Å². The van der Waals surface area contributed by atoms with E-state index < -0.39 is 0 Å². The summed E-state index contributed by atoms with van der Waals surface area (Å²) >= 11 is 0. The van der Waals surface area contributed by atoms with Gasteiger partial charge in [0.15, 0.2) is 0 Å². The monoisotopic (exact) mass is 160 g/mol.